The molecule has 0 radical (unpaired) electrons. The third-order valence-electron chi connectivity index (χ3n) is 3.25. The monoisotopic (exact) mass is 341 g/mol. The van der Waals surface area contributed by atoms with Gasteiger partial charge >= 0.3 is 0 Å². The van der Waals surface area contributed by atoms with Crippen LogP contribution in [0.1, 0.15) is 22.8 Å². The van der Waals surface area contributed by atoms with Crippen LogP contribution in [0.2, 0.25) is 10.0 Å². The molecule has 0 aliphatic rings. The molecule has 1 amide bonds. The normalized spacial score (nSPS) is 13.5. The van der Waals surface area contributed by atoms with E-state index in [0.29, 0.717) is 15.6 Å². The fourth-order valence-corrected chi connectivity index (χ4v) is 2.47. The van der Waals surface area contributed by atoms with E-state index in [1.165, 1.54) is 0 Å². The van der Waals surface area contributed by atoms with Crippen molar-refractivity contribution in [3.8, 4) is 0 Å². The molecule has 2 aromatic rings. The van der Waals surface area contributed by atoms with E-state index in [2.05, 4.69) is 5.32 Å². The summed E-state index contributed by atoms with van der Waals surface area (Å²) < 4.78 is 0. The lowest BCUT2D eigenvalue weighted by Gasteiger charge is -2.29. The maximum Gasteiger partial charge on any atom is 0.252 e. The minimum atomic E-state index is -0.661. The van der Waals surface area contributed by atoms with Crippen molar-refractivity contribution in [3.63, 3.8) is 0 Å². The molecule has 2 rings (SSSR count). The van der Waals surface area contributed by atoms with Crippen LogP contribution in [0, 0.1) is 0 Å². The van der Waals surface area contributed by atoms with Crippen molar-refractivity contribution in [2.75, 3.05) is 5.88 Å². The zero-order valence-electron chi connectivity index (χ0n) is 11.4. The molecule has 2 nitrogen and oxygen atoms in total. The molecule has 0 saturated carbocycles. The number of hydrogen-bond acceptors (Lipinski definition) is 1. The van der Waals surface area contributed by atoms with Crippen molar-refractivity contribution in [2.45, 2.75) is 12.5 Å². The second-order valence-corrected chi connectivity index (χ2v) is 6.00. The fraction of sp³-hybridized carbons (Fsp3) is 0.188. The average molecular weight is 343 g/mol. The van der Waals surface area contributed by atoms with Gasteiger partial charge < -0.3 is 5.32 Å². The largest absolute Gasteiger partial charge is 0.342 e. The number of nitrogens with one attached hydrogen (secondary N) is 1. The van der Waals surface area contributed by atoms with Crippen molar-refractivity contribution < 1.29 is 4.79 Å². The van der Waals surface area contributed by atoms with Gasteiger partial charge in [0.25, 0.3) is 5.91 Å². The highest BCUT2D eigenvalue weighted by atomic mass is 35.5. The molecule has 0 fully saturated rings. The highest BCUT2D eigenvalue weighted by Crippen LogP contribution is 2.25. The molecule has 0 aromatic heterocycles. The topological polar surface area (TPSA) is 29.1 Å². The third kappa shape index (κ3) is 3.70. The Morgan fingerprint density at radius 3 is 2.33 bits per heavy atom. The molecule has 0 spiro atoms. The predicted molar refractivity (Wildman–Crippen MR) is 88.4 cm³/mol. The molecule has 5 heteroatoms. The van der Waals surface area contributed by atoms with Gasteiger partial charge in [-0.25, -0.2) is 0 Å². The zero-order valence-corrected chi connectivity index (χ0v) is 13.6. The molecular weight excluding hydrogens is 329 g/mol. The Labute approximate surface area is 139 Å². The van der Waals surface area contributed by atoms with Gasteiger partial charge in [-0.1, -0.05) is 53.5 Å². The van der Waals surface area contributed by atoms with Crippen molar-refractivity contribution in [1.82, 2.24) is 5.32 Å². The van der Waals surface area contributed by atoms with Gasteiger partial charge in [-0.05, 0) is 30.7 Å². The second-order valence-electron chi connectivity index (χ2n) is 4.91. The zero-order chi connectivity index (χ0) is 15.5. The second kappa shape index (κ2) is 6.69. The predicted octanol–water partition coefficient (Wildman–Crippen LogP) is 4.88. The fourth-order valence-electron chi connectivity index (χ4n) is 1.95. The molecule has 2 aromatic carbocycles. The molecule has 1 N–H and O–H groups in total. The summed E-state index contributed by atoms with van der Waals surface area (Å²) in [5.41, 5.74) is 0.719. The van der Waals surface area contributed by atoms with Gasteiger partial charge in [-0.3, -0.25) is 4.79 Å². The Hall–Kier alpha value is -1.22. The standard InChI is InChI=1S/C16H14Cl3NO/c1-16(10-17,12-5-3-2-4-6-12)20-15(21)11-7-8-13(18)14(19)9-11/h2-9H,10H2,1H3,(H,20,21). The molecule has 0 aliphatic heterocycles. The molecular formula is C16H14Cl3NO. The molecule has 0 heterocycles. The van der Waals surface area contributed by atoms with E-state index in [-0.39, 0.29) is 11.8 Å². The first kappa shape index (κ1) is 16.2. The summed E-state index contributed by atoms with van der Waals surface area (Å²) in [6, 6.07) is 14.4. The highest BCUT2D eigenvalue weighted by molar-refractivity contribution is 6.42. The summed E-state index contributed by atoms with van der Waals surface area (Å²) in [6.45, 7) is 1.88. The van der Waals surface area contributed by atoms with Crippen LogP contribution in [0.15, 0.2) is 48.5 Å². The van der Waals surface area contributed by atoms with Crippen molar-refractivity contribution in [1.29, 1.82) is 0 Å². The minimum absolute atomic E-state index is 0.249. The average Bonchev–Trinajstić information content (AvgIpc) is 2.50. The summed E-state index contributed by atoms with van der Waals surface area (Å²) in [5.74, 6) is 0.00457. The summed E-state index contributed by atoms with van der Waals surface area (Å²) >= 11 is 17.9. The van der Waals surface area contributed by atoms with E-state index >= 15 is 0 Å². The Morgan fingerprint density at radius 1 is 1.10 bits per heavy atom. The number of benzene rings is 2. The van der Waals surface area contributed by atoms with Crippen LogP contribution < -0.4 is 5.32 Å². The molecule has 0 aliphatic carbocycles. The molecule has 21 heavy (non-hydrogen) atoms. The molecule has 0 saturated heterocycles. The number of carbonyl (C=O) groups is 1. The molecule has 0 bridgehead atoms. The molecule has 1 unspecified atom stereocenters. The lowest BCUT2D eigenvalue weighted by Crippen LogP contribution is -2.45. The van der Waals surface area contributed by atoms with E-state index in [4.69, 9.17) is 34.8 Å². The summed E-state index contributed by atoms with van der Waals surface area (Å²) in [4.78, 5) is 12.4. The van der Waals surface area contributed by atoms with E-state index in [1.807, 2.05) is 37.3 Å². The Kier molecular flexibility index (Phi) is 5.15. The number of hydrogen-bond donors (Lipinski definition) is 1. The summed E-state index contributed by atoms with van der Waals surface area (Å²) in [6.07, 6.45) is 0. The van der Waals surface area contributed by atoms with Crippen LogP contribution in [-0.2, 0) is 5.54 Å². The van der Waals surface area contributed by atoms with Crippen LogP contribution in [0.4, 0.5) is 0 Å². The number of amides is 1. The quantitative estimate of drug-likeness (QED) is 0.788. The van der Waals surface area contributed by atoms with Gasteiger partial charge in [0.15, 0.2) is 0 Å². The first-order valence-corrected chi connectivity index (χ1v) is 7.64. The van der Waals surface area contributed by atoms with E-state index < -0.39 is 5.54 Å². The van der Waals surface area contributed by atoms with Crippen LogP contribution >= 0.6 is 34.8 Å². The van der Waals surface area contributed by atoms with Crippen molar-refractivity contribution in [2.24, 2.45) is 0 Å². The first-order chi connectivity index (χ1) is 9.96. The van der Waals surface area contributed by atoms with Gasteiger partial charge in [0.05, 0.1) is 15.6 Å². The number of halogens is 3. The Balaban J connectivity index is 2.26. The van der Waals surface area contributed by atoms with Crippen molar-refractivity contribution in [3.05, 3.63) is 69.7 Å². The number of carbonyl (C=O) groups excluding carboxylic acids is 1. The molecule has 1 atom stereocenters. The maximum atomic E-state index is 12.4. The smallest absolute Gasteiger partial charge is 0.252 e. The van der Waals surface area contributed by atoms with Crippen LogP contribution in [0.25, 0.3) is 0 Å². The first-order valence-electron chi connectivity index (χ1n) is 6.35. The minimum Gasteiger partial charge on any atom is -0.342 e. The lowest BCUT2D eigenvalue weighted by molar-refractivity contribution is 0.0913. The third-order valence-corrected chi connectivity index (χ3v) is 4.52. The van der Waals surface area contributed by atoms with Gasteiger partial charge in [-0.2, -0.15) is 0 Å². The number of alkyl halides is 1. The lowest BCUT2D eigenvalue weighted by atomic mass is 9.93. The highest BCUT2D eigenvalue weighted by Gasteiger charge is 2.28. The Morgan fingerprint density at radius 2 is 1.76 bits per heavy atom. The van der Waals surface area contributed by atoms with E-state index in [1.54, 1.807) is 18.2 Å². The van der Waals surface area contributed by atoms with E-state index in [9.17, 15) is 4.79 Å². The van der Waals surface area contributed by atoms with Crippen molar-refractivity contribution >= 4 is 40.7 Å². The number of rotatable bonds is 4. The SMILES string of the molecule is CC(CCl)(NC(=O)c1ccc(Cl)c(Cl)c1)c1ccccc1. The molecule has 110 valence electrons. The summed E-state index contributed by atoms with van der Waals surface area (Å²) in [5, 5.41) is 3.71. The van der Waals surface area contributed by atoms with E-state index in [0.717, 1.165) is 5.56 Å². The van der Waals surface area contributed by atoms with Gasteiger partial charge in [0.1, 0.15) is 0 Å². The van der Waals surface area contributed by atoms with Gasteiger partial charge in [-0.15, -0.1) is 11.6 Å². The summed E-state index contributed by atoms with van der Waals surface area (Å²) in [7, 11) is 0. The van der Waals surface area contributed by atoms with Crippen LogP contribution in [0.5, 0.6) is 0 Å². The van der Waals surface area contributed by atoms with Gasteiger partial charge in [0.2, 0.25) is 0 Å². The maximum absolute atomic E-state index is 12.4. The van der Waals surface area contributed by atoms with Crippen LogP contribution in [0.3, 0.4) is 0 Å². The van der Waals surface area contributed by atoms with Crippen LogP contribution in [-0.4, -0.2) is 11.8 Å². The Bertz CT molecular complexity index is 645. The van der Waals surface area contributed by atoms with Gasteiger partial charge in [0, 0.05) is 11.4 Å².